The van der Waals surface area contributed by atoms with Crippen molar-refractivity contribution in [3.05, 3.63) is 70.9 Å². The zero-order valence-electron chi connectivity index (χ0n) is 42.3. The molecule has 378 valence electrons. The molecule has 12 rings (SSSR count). The lowest BCUT2D eigenvalue weighted by Crippen LogP contribution is -2.82. The summed E-state index contributed by atoms with van der Waals surface area (Å²) < 4.78 is 12.5. The Hall–Kier alpha value is -4.31. The van der Waals surface area contributed by atoms with Crippen molar-refractivity contribution in [1.29, 1.82) is 0 Å². The number of piperidine rings is 1. The zero-order chi connectivity index (χ0) is 49.2. The minimum atomic E-state index is -2.25. The van der Waals surface area contributed by atoms with Gasteiger partial charge in [-0.3, -0.25) is 24.2 Å². The van der Waals surface area contributed by atoms with E-state index in [0.717, 1.165) is 85.0 Å². The topological polar surface area (TPSA) is 180 Å². The van der Waals surface area contributed by atoms with Gasteiger partial charge in [0, 0.05) is 97.1 Å². The minimum absolute atomic E-state index is 0.0915. The van der Waals surface area contributed by atoms with Gasteiger partial charge in [0.25, 0.3) is 5.91 Å². The highest BCUT2D eigenvalue weighted by atomic mass is 16.5. The molecule has 6 N–H and O–H groups in total. The third-order valence-electron chi connectivity index (χ3n) is 20.3. The first-order valence-electron chi connectivity index (χ1n) is 26.4. The van der Waals surface area contributed by atoms with Crippen LogP contribution >= 0.6 is 0 Å². The molecule has 9 aliphatic rings. The molecule has 4 bridgehead atoms. The molecule has 2 aromatic carbocycles. The fraction of sp³-hybridized carbons (Fsp3) is 0.661. The van der Waals surface area contributed by atoms with E-state index < -0.39 is 51.5 Å². The van der Waals surface area contributed by atoms with Gasteiger partial charge in [-0.25, -0.2) is 0 Å². The number of aromatic nitrogens is 1. The first-order chi connectivity index (χ1) is 33.5. The van der Waals surface area contributed by atoms with Crippen molar-refractivity contribution >= 4 is 34.3 Å². The molecule has 5 unspecified atom stereocenters. The Bertz CT molecular complexity index is 2610. The Morgan fingerprint density at radius 2 is 1.63 bits per heavy atom. The summed E-state index contributed by atoms with van der Waals surface area (Å²) >= 11 is 0. The number of nitrogens with zero attached hydrogens (tertiary/aromatic N) is 3. The quantitative estimate of drug-likeness (QED) is 0.107. The normalized spacial score (nSPS) is 39.3. The number of benzene rings is 2. The smallest absolute Gasteiger partial charge is 0.322 e. The number of aliphatic hydroxyl groups is 3. The minimum Gasteiger partial charge on any atom is -0.496 e. The van der Waals surface area contributed by atoms with Gasteiger partial charge in [0.15, 0.2) is 5.60 Å². The second-order valence-corrected chi connectivity index (χ2v) is 23.6. The summed E-state index contributed by atoms with van der Waals surface area (Å²) in [6.07, 6.45) is 11.9. The van der Waals surface area contributed by atoms with Crippen LogP contribution in [0.15, 0.2) is 48.6 Å². The van der Waals surface area contributed by atoms with Crippen LogP contribution in [0.1, 0.15) is 114 Å². The average Bonchev–Trinajstić information content (AvgIpc) is 4.03. The number of para-hydroxylation sites is 1. The molecule has 0 radical (unpaired) electrons. The molecular weight excluding hydrogens is 885 g/mol. The molecular formula is C56H76N6O8. The van der Waals surface area contributed by atoms with Crippen molar-refractivity contribution in [2.75, 3.05) is 78.5 Å². The van der Waals surface area contributed by atoms with Gasteiger partial charge in [-0.15, -0.1) is 0 Å². The number of hydrogen-bond donors (Lipinski definition) is 6. The van der Waals surface area contributed by atoms with Crippen LogP contribution in [0.3, 0.4) is 0 Å². The summed E-state index contributed by atoms with van der Waals surface area (Å²) in [6, 6.07) is 11.2. The first-order valence-corrected chi connectivity index (χ1v) is 26.4. The number of ketones is 1. The van der Waals surface area contributed by atoms with E-state index in [2.05, 4.69) is 62.7 Å². The van der Waals surface area contributed by atoms with Gasteiger partial charge in [-0.05, 0) is 131 Å². The maximum Gasteiger partial charge on any atom is 0.322 e. The Balaban J connectivity index is 1.05. The van der Waals surface area contributed by atoms with Gasteiger partial charge in [0.05, 0.1) is 32.4 Å². The zero-order valence-corrected chi connectivity index (χ0v) is 42.3. The number of fused-ring (bicyclic) bond motifs is 9. The van der Waals surface area contributed by atoms with Gasteiger partial charge in [0.2, 0.25) is 0 Å². The van der Waals surface area contributed by atoms with Gasteiger partial charge >= 0.3 is 5.97 Å². The number of aromatic amines is 1. The largest absolute Gasteiger partial charge is 0.496 e. The number of ether oxygens (including phenoxy) is 2. The summed E-state index contributed by atoms with van der Waals surface area (Å²) in [7, 11) is 5.04. The SMILES string of the molecule is CC[C@]1(O)CC2CN(CCc3c([nH]c4ccccc34)[C@@](C(=O)OC)(c3cc4c(cc3OC)N(C)C3C45CCN4CC=C[C@](CC)(C45)[C@@H](O)[C@]3(O)C(=O)NCC34CCC(CNCC(C)=O)(CC3)CC4)C2)C1. The number of carbonyl (C=O) groups excluding carboxylic acids is 3. The van der Waals surface area contributed by atoms with E-state index in [1.807, 2.05) is 37.1 Å². The molecule has 1 spiro atoms. The lowest BCUT2D eigenvalue weighted by atomic mass is 9.47. The van der Waals surface area contributed by atoms with Crippen LogP contribution in [0.5, 0.6) is 5.75 Å². The molecule has 10 atom stereocenters. The van der Waals surface area contributed by atoms with Crippen LogP contribution in [0.4, 0.5) is 5.69 Å². The third-order valence-corrected chi connectivity index (χ3v) is 20.3. The average molecular weight is 961 g/mol. The molecule has 4 aliphatic carbocycles. The number of anilines is 1. The van der Waals surface area contributed by atoms with Crippen molar-refractivity contribution in [1.82, 2.24) is 25.4 Å². The number of aliphatic hydroxyl groups excluding tert-OH is 1. The molecule has 1 amide bonds. The van der Waals surface area contributed by atoms with E-state index in [9.17, 15) is 20.1 Å². The first kappa shape index (κ1) is 48.0. The Morgan fingerprint density at radius 3 is 2.31 bits per heavy atom. The van der Waals surface area contributed by atoms with Gasteiger partial charge in [-0.2, -0.15) is 0 Å². The second-order valence-electron chi connectivity index (χ2n) is 23.6. The number of esters is 1. The van der Waals surface area contributed by atoms with Crippen LogP contribution in [0.25, 0.3) is 10.9 Å². The fourth-order valence-electron chi connectivity index (χ4n) is 16.8. The summed E-state index contributed by atoms with van der Waals surface area (Å²) in [5, 5.41) is 46.8. The van der Waals surface area contributed by atoms with Gasteiger partial charge in [-0.1, -0.05) is 44.2 Å². The Kier molecular flexibility index (Phi) is 11.6. The second kappa shape index (κ2) is 16.9. The van der Waals surface area contributed by atoms with Crippen molar-refractivity contribution in [3.8, 4) is 5.75 Å². The van der Waals surface area contributed by atoms with Crippen molar-refractivity contribution in [3.63, 3.8) is 0 Å². The molecule has 14 nitrogen and oxygen atoms in total. The maximum atomic E-state index is 15.5. The molecule has 3 aromatic rings. The van der Waals surface area contributed by atoms with E-state index in [4.69, 9.17) is 9.47 Å². The van der Waals surface area contributed by atoms with Crippen LogP contribution < -0.4 is 20.3 Å². The predicted octanol–water partition coefficient (Wildman–Crippen LogP) is 4.88. The Labute approximate surface area is 412 Å². The number of hydrogen-bond acceptors (Lipinski definition) is 12. The highest BCUT2D eigenvalue weighted by molar-refractivity contribution is 5.95. The molecule has 4 saturated carbocycles. The number of amides is 1. The van der Waals surface area contributed by atoms with Gasteiger partial charge < -0.3 is 45.3 Å². The summed E-state index contributed by atoms with van der Waals surface area (Å²) in [4.78, 5) is 53.4. The number of Topliss-reactive ketones (excluding diaryl/α,β-unsaturated/α-hetero) is 1. The number of carbonyl (C=O) groups is 3. The lowest BCUT2D eigenvalue weighted by Gasteiger charge is -2.63. The highest BCUT2D eigenvalue weighted by Gasteiger charge is 2.79. The molecule has 14 heteroatoms. The van der Waals surface area contributed by atoms with Crippen LogP contribution in [-0.2, 0) is 36.4 Å². The standard InChI is InChI=1S/C56H76N6O8/c1-7-52(67)28-36-29-55(49(66)70-6,44-38(14-24-61(31-36)34-52)37-12-9-10-13-41(37)59-44)40-26-39-42(27-43(40)69-5)60(4)46-54(39)22-25-62-23-11-15-53(8-2,45(54)62)47(64)56(46,68)48(65)58-33-51-19-16-50(17-20-51,18-21-51)32-57-30-35(3)63/h9-13,15,26-27,36,45-47,57,59,64,67-68H,7-8,14,16-25,28-34H2,1-6H3,(H,58,65)/t36?,45?,46?,47-,50?,51?,52+,53-,54?,55+,56+/m1/s1. The third kappa shape index (κ3) is 6.67. The van der Waals surface area contributed by atoms with Crippen molar-refractivity contribution in [2.45, 2.75) is 138 Å². The summed E-state index contributed by atoms with van der Waals surface area (Å²) in [5.74, 6) is -0.430. The number of methoxy groups -OCH3 is 2. The van der Waals surface area contributed by atoms with E-state index in [0.29, 0.717) is 89.1 Å². The van der Waals surface area contributed by atoms with E-state index in [-0.39, 0.29) is 28.6 Å². The molecule has 6 heterocycles. The van der Waals surface area contributed by atoms with Gasteiger partial charge in [0.1, 0.15) is 23.1 Å². The number of nitrogens with one attached hydrogen (secondary N) is 3. The molecule has 2 saturated heterocycles. The highest BCUT2D eigenvalue weighted by Crippen LogP contribution is 2.68. The van der Waals surface area contributed by atoms with Crippen LogP contribution in [-0.4, -0.2) is 151 Å². The van der Waals surface area contributed by atoms with E-state index in [1.54, 1.807) is 14.0 Å². The monoisotopic (exact) mass is 961 g/mol. The van der Waals surface area contributed by atoms with E-state index in [1.165, 1.54) is 7.11 Å². The fourth-order valence-corrected chi connectivity index (χ4v) is 16.8. The molecule has 70 heavy (non-hydrogen) atoms. The van der Waals surface area contributed by atoms with Crippen molar-refractivity contribution in [2.24, 2.45) is 22.2 Å². The van der Waals surface area contributed by atoms with Crippen LogP contribution in [0, 0.1) is 22.2 Å². The Morgan fingerprint density at radius 1 is 0.900 bits per heavy atom. The lowest BCUT2D eigenvalue weighted by molar-refractivity contribution is -0.204. The molecule has 5 aliphatic heterocycles. The predicted molar refractivity (Wildman–Crippen MR) is 268 cm³/mol. The number of likely N-dealkylation sites (N-methyl/N-ethyl adjacent to an activating group) is 1. The summed E-state index contributed by atoms with van der Waals surface area (Å²) in [6.45, 7) is 10.7. The van der Waals surface area contributed by atoms with E-state index >= 15 is 9.59 Å². The molecule has 6 fully saturated rings. The van der Waals surface area contributed by atoms with Crippen molar-refractivity contribution < 1.29 is 39.2 Å². The summed E-state index contributed by atoms with van der Waals surface area (Å²) in [5.41, 5.74) is -1.29. The van der Waals surface area contributed by atoms with Crippen LogP contribution in [0.2, 0.25) is 0 Å². The number of H-pyrrole nitrogens is 1. The number of rotatable bonds is 12. The molecule has 1 aromatic heterocycles. The maximum absolute atomic E-state index is 15.5.